The van der Waals surface area contributed by atoms with Crippen molar-refractivity contribution in [2.75, 3.05) is 19.6 Å². The summed E-state index contributed by atoms with van der Waals surface area (Å²) in [4.78, 5) is 27.1. The zero-order valence-corrected chi connectivity index (χ0v) is 21.3. The van der Waals surface area contributed by atoms with Crippen molar-refractivity contribution in [3.63, 3.8) is 0 Å². The molecule has 3 aromatic carbocycles. The summed E-state index contributed by atoms with van der Waals surface area (Å²) in [7, 11) is 0. The van der Waals surface area contributed by atoms with Crippen molar-refractivity contribution in [3.8, 4) is 5.75 Å². The lowest BCUT2D eigenvalue weighted by atomic mass is 9.55. The van der Waals surface area contributed by atoms with Crippen LogP contribution in [0.2, 0.25) is 0 Å². The highest BCUT2D eigenvalue weighted by molar-refractivity contribution is 5.98. The number of benzene rings is 3. The Kier molecular flexibility index (Phi) is 6.88. The minimum absolute atomic E-state index is 0.0948. The van der Waals surface area contributed by atoms with Gasteiger partial charge >= 0.3 is 5.97 Å². The number of carbonyl (C=O) groups is 2. The number of rotatable bonds is 6. The van der Waals surface area contributed by atoms with Crippen LogP contribution in [0, 0.1) is 0 Å². The summed E-state index contributed by atoms with van der Waals surface area (Å²) in [6.45, 7) is 7.30. The number of piperidine rings is 1. The number of β-amino-alcohol motifs (C(OH)–C–C–N with tert-alkyl or cyclic N) is 1. The van der Waals surface area contributed by atoms with Crippen LogP contribution < -0.4 is 10.1 Å². The highest BCUT2D eigenvalue weighted by Crippen LogP contribution is 2.52. The number of esters is 1. The first-order valence-corrected chi connectivity index (χ1v) is 13.0. The van der Waals surface area contributed by atoms with E-state index >= 15 is 0 Å². The number of hydrogen-bond acceptors (Lipinski definition) is 5. The van der Waals surface area contributed by atoms with Crippen LogP contribution in [0.3, 0.4) is 0 Å². The van der Waals surface area contributed by atoms with Gasteiger partial charge in [0.05, 0.1) is 5.60 Å². The molecule has 0 unspecified atom stereocenters. The molecule has 192 valence electrons. The molecule has 1 amide bonds. The molecular weight excluding hydrogens is 464 g/mol. The molecule has 0 spiro atoms. The second kappa shape index (κ2) is 10.1. The van der Waals surface area contributed by atoms with E-state index in [1.54, 1.807) is 6.07 Å². The molecule has 2 aliphatic rings. The molecule has 1 saturated heterocycles. The summed E-state index contributed by atoms with van der Waals surface area (Å²) in [6.07, 6.45) is 4.44. The zero-order chi connectivity index (χ0) is 26.0. The van der Waals surface area contributed by atoms with Gasteiger partial charge in [0.15, 0.2) is 0 Å². The Balaban J connectivity index is 1.44. The quantitative estimate of drug-likeness (QED) is 0.295. The van der Waals surface area contributed by atoms with Gasteiger partial charge in [0, 0.05) is 37.0 Å². The minimum Gasteiger partial charge on any atom is -0.427 e. The Hall–Kier alpha value is -3.48. The van der Waals surface area contributed by atoms with E-state index in [0.717, 1.165) is 29.3 Å². The highest BCUT2D eigenvalue weighted by atomic mass is 16.5. The number of fused-ring (bicyclic) bond motifs is 2. The number of nitrogens with zero attached hydrogens (tertiary/aromatic N) is 1. The fourth-order valence-corrected chi connectivity index (χ4v) is 6.34. The van der Waals surface area contributed by atoms with Gasteiger partial charge in [0.25, 0.3) is 5.91 Å². The van der Waals surface area contributed by atoms with Crippen molar-refractivity contribution in [1.29, 1.82) is 0 Å². The SMILES string of the molecule is C=CCN1CC[C@@]2(c3cccc(OC(C)=O)c3)C[C@H](NC(=O)c3ccc4ccccc4c3)CC[C@]2(O)C1. The zero-order valence-electron chi connectivity index (χ0n) is 21.3. The highest BCUT2D eigenvalue weighted by Gasteiger charge is 2.57. The number of hydrogen-bond donors (Lipinski definition) is 2. The summed E-state index contributed by atoms with van der Waals surface area (Å²) in [6, 6.07) is 21.2. The summed E-state index contributed by atoms with van der Waals surface area (Å²) < 4.78 is 5.39. The van der Waals surface area contributed by atoms with Gasteiger partial charge in [0.1, 0.15) is 5.75 Å². The first-order valence-electron chi connectivity index (χ1n) is 13.0. The molecule has 1 saturated carbocycles. The van der Waals surface area contributed by atoms with Gasteiger partial charge in [-0.05, 0) is 72.8 Å². The van der Waals surface area contributed by atoms with Crippen LogP contribution in [0.1, 0.15) is 48.5 Å². The maximum absolute atomic E-state index is 13.3. The van der Waals surface area contributed by atoms with Gasteiger partial charge in [-0.25, -0.2) is 0 Å². The van der Waals surface area contributed by atoms with Crippen LogP contribution in [-0.2, 0) is 10.2 Å². The molecule has 37 heavy (non-hydrogen) atoms. The lowest BCUT2D eigenvalue weighted by molar-refractivity contribution is -0.131. The van der Waals surface area contributed by atoms with Gasteiger partial charge in [-0.2, -0.15) is 0 Å². The van der Waals surface area contributed by atoms with Gasteiger partial charge in [0.2, 0.25) is 0 Å². The molecule has 6 heteroatoms. The van der Waals surface area contributed by atoms with Crippen molar-refractivity contribution in [3.05, 3.63) is 90.5 Å². The molecule has 6 nitrogen and oxygen atoms in total. The third kappa shape index (κ3) is 4.91. The van der Waals surface area contributed by atoms with Crippen molar-refractivity contribution in [2.24, 2.45) is 0 Å². The van der Waals surface area contributed by atoms with Crippen LogP contribution in [0.15, 0.2) is 79.4 Å². The van der Waals surface area contributed by atoms with Crippen molar-refractivity contribution in [2.45, 2.75) is 49.7 Å². The number of likely N-dealkylation sites (tertiary alicyclic amines) is 1. The molecule has 1 heterocycles. The molecule has 0 radical (unpaired) electrons. The molecule has 3 atom stereocenters. The maximum atomic E-state index is 13.3. The van der Waals surface area contributed by atoms with Crippen molar-refractivity contribution < 1.29 is 19.4 Å². The van der Waals surface area contributed by atoms with E-state index in [1.807, 2.05) is 66.7 Å². The first-order chi connectivity index (χ1) is 17.8. The largest absolute Gasteiger partial charge is 0.427 e. The standard InChI is InChI=1S/C31H34N2O4/c1-3-16-33-17-15-30(26-9-6-10-28(19-26)37-22(2)34)20-27(13-14-31(30,36)21-33)32-29(35)25-12-11-23-7-4-5-8-24(23)18-25/h3-12,18-19,27,36H,1,13-17,20-21H2,2H3,(H,32,35)/t27-,30+,31+/m1/s1. The average molecular weight is 499 g/mol. The Morgan fingerprint density at radius 3 is 2.70 bits per heavy atom. The lowest BCUT2D eigenvalue weighted by Gasteiger charge is -2.58. The molecule has 2 N–H and O–H groups in total. The van der Waals surface area contributed by atoms with Crippen LogP contribution in [0.5, 0.6) is 5.75 Å². The van der Waals surface area contributed by atoms with E-state index in [2.05, 4.69) is 16.8 Å². The molecule has 2 fully saturated rings. The van der Waals surface area contributed by atoms with Crippen molar-refractivity contribution >= 4 is 22.6 Å². The van der Waals surface area contributed by atoms with Crippen LogP contribution >= 0.6 is 0 Å². The third-order valence-electron chi connectivity index (χ3n) is 8.11. The normalized spacial score (nSPS) is 25.7. The lowest BCUT2D eigenvalue weighted by Crippen LogP contribution is -2.67. The van der Waals surface area contributed by atoms with E-state index in [9.17, 15) is 14.7 Å². The molecular formula is C31H34N2O4. The van der Waals surface area contributed by atoms with Crippen molar-refractivity contribution in [1.82, 2.24) is 10.2 Å². The Morgan fingerprint density at radius 2 is 1.92 bits per heavy atom. The predicted octanol–water partition coefficient (Wildman–Crippen LogP) is 4.61. The van der Waals surface area contributed by atoms with E-state index in [0.29, 0.717) is 43.7 Å². The van der Waals surface area contributed by atoms with Gasteiger partial charge < -0.3 is 15.2 Å². The van der Waals surface area contributed by atoms with Crippen LogP contribution in [0.25, 0.3) is 10.8 Å². The number of nitrogens with one attached hydrogen (secondary N) is 1. The second-order valence-electron chi connectivity index (χ2n) is 10.5. The average Bonchev–Trinajstić information content (AvgIpc) is 2.88. The smallest absolute Gasteiger partial charge is 0.308 e. The van der Waals surface area contributed by atoms with E-state index in [-0.39, 0.29) is 17.9 Å². The summed E-state index contributed by atoms with van der Waals surface area (Å²) >= 11 is 0. The van der Waals surface area contributed by atoms with Gasteiger partial charge in [-0.3, -0.25) is 14.5 Å². The number of ether oxygens (including phenoxy) is 1. The molecule has 1 aliphatic carbocycles. The topological polar surface area (TPSA) is 78.9 Å². The third-order valence-corrected chi connectivity index (χ3v) is 8.11. The molecule has 0 bridgehead atoms. The summed E-state index contributed by atoms with van der Waals surface area (Å²) in [5.41, 5.74) is 0.0103. The number of aliphatic hydroxyl groups is 1. The molecule has 3 aromatic rings. The summed E-state index contributed by atoms with van der Waals surface area (Å²) in [5, 5.41) is 17.5. The fourth-order valence-electron chi connectivity index (χ4n) is 6.34. The van der Waals surface area contributed by atoms with E-state index in [4.69, 9.17) is 4.74 Å². The van der Waals surface area contributed by atoms with Crippen LogP contribution in [0.4, 0.5) is 0 Å². The minimum atomic E-state index is -0.979. The maximum Gasteiger partial charge on any atom is 0.308 e. The number of carbonyl (C=O) groups excluding carboxylic acids is 2. The van der Waals surface area contributed by atoms with Crippen LogP contribution in [-0.4, -0.2) is 53.2 Å². The molecule has 5 rings (SSSR count). The molecule has 1 aliphatic heterocycles. The second-order valence-corrected chi connectivity index (χ2v) is 10.5. The van der Waals surface area contributed by atoms with E-state index in [1.165, 1.54) is 6.92 Å². The Bertz CT molecular complexity index is 1340. The monoisotopic (exact) mass is 498 g/mol. The molecule has 0 aromatic heterocycles. The van der Waals surface area contributed by atoms with Gasteiger partial charge in [-0.15, -0.1) is 6.58 Å². The van der Waals surface area contributed by atoms with E-state index < -0.39 is 11.0 Å². The fraction of sp³-hybridized carbons (Fsp3) is 0.355. The Labute approximate surface area is 217 Å². The summed E-state index contributed by atoms with van der Waals surface area (Å²) in [5.74, 6) is -0.0125. The predicted molar refractivity (Wildman–Crippen MR) is 145 cm³/mol. The Morgan fingerprint density at radius 1 is 1.11 bits per heavy atom. The first kappa shape index (κ1) is 25.2. The van der Waals surface area contributed by atoms with Gasteiger partial charge in [-0.1, -0.05) is 48.5 Å². The number of amides is 1.